The van der Waals surface area contributed by atoms with Crippen LogP contribution in [0.1, 0.15) is 28.8 Å². The smallest absolute Gasteiger partial charge is 0.357 e. The Morgan fingerprint density at radius 1 is 1.71 bits per heavy atom. The number of thiazole rings is 1. The summed E-state index contributed by atoms with van der Waals surface area (Å²) in [5, 5.41) is 2.67. The zero-order chi connectivity index (χ0) is 10.4. The van der Waals surface area contributed by atoms with Crippen LogP contribution in [0.25, 0.3) is 0 Å². The average Bonchev–Trinajstić information content (AvgIpc) is 2.63. The van der Waals surface area contributed by atoms with Gasteiger partial charge in [0.25, 0.3) is 0 Å². The number of hydrogen-bond donors (Lipinski definition) is 1. The van der Waals surface area contributed by atoms with Crippen LogP contribution in [0.5, 0.6) is 0 Å². The van der Waals surface area contributed by atoms with Crippen LogP contribution in [0, 0.1) is 0 Å². The van der Waals surface area contributed by atoms with Crippen molar-refractivity contribution < 1.29 is 9.53 Å². The van der Waals surface area contributed by atoms with Gasteiger partial charge in [-0.15, -0.1) is 11.3 Å². The maximum Gasteiger partial charge on any atom is 0.357 e. The monoisotopic (exact) mass is 214 g/mol. The molecule has 0 saturated carbocycles. The third-order valence-electron chi connectivity index (χ3n) is 1.63. The highest BCUT2D eigenvalue weighted by Crippen LogP contribution is 2.12. The first-order chi connectivity index (χ1) is 6.77. The van der Waals surface area contributed by atoms with Crippen molar-refractivity contribution in [2.75, 3.05) is 13.2 Å². The van der Waals surface area contributed by atoms with Crippen molar-refractivity contribution in [1.29, 1.82) is 0 Å². The lowest BCUT2D eigenvalue weighted by molar-refractivity contribution is 0.0520. The van der Waals surface area contributed by atoms with Crippen LogP contribution in [0.2, 0.25) is 0 Å². The molecule has 1 rings (SSSR count). The Labute approximate surface area is 87.1 Å². The molecule has 0 amide bonds. The van der Waals surface area contributed by atoms with E-state index in [0.717, 1.165) is 17.8 Å². The van der Waals surface area contributed by atoms with E-state index >= 15 is 0 Å². The van der Waals surface area contributed by atoms with Gasteiger partial charge in [-0.05, 0) is 19.9 Å². The number of aromatic nitrogens is 1. The topological polar surface area (TPSA) is 65.2 Å². The third-order valence-corrected chi connectivity index (χ3v) is 2.54. The summed E-state index contributed by atoms with van der Waals surface area (Å²) in [7, 11) is 0. The molecule has 0 atom stereocenters. The van der Waals surface area contributed by atoms with E-state index in [9.17, 15) is 4.79 Å². The SMILES string of the molecule is CCOC(=O)c1csc(CCCN)n1. The fourth-order valence-electron chi connectivity index (χ4n) is 0.978. The zero-order valence-electron chi connectivity index (χ0n) is 8.16. The molecule has 1 heterocycles. The van der Waals surface area contributed by atoms with Crippen molar-refractivity contribution in [2.45, 2.75) is 19.8 Å². The molecule has 14 heavy (non-hydrogen) atoms. The van der Waals surface area contributed by atoms with Crippen molar-refractivity contribution in [1.82, 2.24) is 4.98 Å². The second-order valence-corrected chi connectivity index (χ2v) is 3.68. The third kappa shape index (κ3) is 3.08. The summed E-state index contributed by atoms with van der Waals surface area (Å²) in [6.45, 7) is 2.81. The number of carbonyl (C=O) groups excluding carboxylic acids is 1. The maximum absolute atomic E-state index is 11.2. The summed E-state index contributed by atoms with van der Waals surface area (Å²) in [5.41, 5.74) is 5.78. The number of nitrogens with two attached hydrogens (primary N) is 1. The fraction of sp³-hybridized carbons (Fsp3) is 0.556. The molecule has 0 spiro atoms. The summed E-state index contributed by atoms with van der Waals surface area (Å²) in [6, 6.07) is 0. The van der Waals surface area contributed by atoms with Crippen LogP contribution in [0.4, 0.5) is 0 Å². The van der Waals surface area contributed by atoms with Crippen LogP contribution < -0.4 is 5.73 Å². The standard InChI is InChI=1S/C9H14N2O2S/c1-2-13-9(12)7-6-14-8(11-7)4-3-5-10/h6H,2-5,10H2,1H3. The van der Waals surface area contributed by atoms with E-state index < -0.39 is 0 Å². The predicted molar refractivity (Wildman–Crippen MR) is 55.4 cm³/mol. The summed E-state index contributed by atoms with van der Waals surface area (Å²) >= 11 is 1.48. The number of esters is 1. The molecule has 0 aliphatic carbocycles. The molecule has 0 aliphatic rings. The normalized spacial score (nSPS) is 10.1. The first kappa shape index (κ1) is 11.1. The highest BCUT2D eigenvalue weighted by atomic mass is 32.1. The molecule has 2 N–H and O–H groups in total. The number of ether oxygens (including phenoxy) is 1. The highest BCUT2D eigenvalue weighted by Gasteiger charge is 2.10. The Bertz CT molecular complexity index is 299. The summed E-state index contributed by atoms with van der Waals surface area (Å²) in [6.07, 6.45) is 1.73. The second kappa shape index (κ2) is 5.72. The van der Waals surface area contributed by atoms with Crippen molar-refractivity contribution in [2.24, 2.45) is 5.73 Å². The van der Waals surface area contributed by atoms with Gasteiger partial charge in [0, 0.05) is 11.8 Å². The van der Waals surface area contributed by atoms with E-state index in [1.807, 2.05) is 0 Å². The van der Waals surface area contributed by atoms with Crippen LogP contribution >= 0.6 is 11.3 Å². The van der Waals surface area contributed by atoms with Crippen molar-refractivity contribution in [3.05, 3.63) is 16.1 Å². The maximum atomic E-state index is 11.2. The highest BCUT2D eigenvalue weighted by molar-refractivity contribution is 7.09. The molecule has 0 saturated heterocycles. The van der Waals surface area contributed by atoms with E-state index in [4.69, 9.17) is 10.5 Å². The average molecular weight is 214 g/mol. The number of hydrogen-bond acceptors (Lipinski definition) is 5. The first-order valence-electron chi connectivity index (χ1n) is 4.59. The van der Waals surface area contributed by atoms with Gasteiger partial charge in [0.1, 0.15) is 0 Å². The Morgan fingerprint density at radius 3 is 3.14 bits per heavy atom. The molecule has 1 aromatic heterocycles. The van der Waals surface area contributed by atoms with E-state index in [0.29, 0.717) is 18.8 Å². The second-order valence-electron chi connectivity index (χ2n) is 2.74. The Kier molecular flexibility index (Phi) is 4.55. The largest absolute Gasteiger partial charge is 0.461 e. The van der Waals surface area contributed by atoms with Gasteiger partial charge in [-0.1, -0.05) is 0 Å². The molecule has 4 nitrogen and oxygen atoms in total. The molecular weight excluding hydrogens is 200 g/mol. The lowest BCUT2D eigenvalue weighted by Gasteiger charge is -1.96. The van der Waals surface area contributed by atoms with Gasteiger partial charge in [-0.25, -0.2) is 9.78 Å². The van der Waals surface area contributed by atoms with E-state index in [2.05, 4.69) is 4.98 Å². The minimum Gasteiger partial charge on any atom is -0.461 e. The molecule has 0 fully saturated rings. The quantitative estimate of drug-likeness (QED) is 0.748. The lowest BCUT2D eigenvalue weighted by Crippen LogP contribution is -2.05. The minimum absolute atomic E-state index is 0.345. The number of rotatable bonds is 5. The summed E-state index contributed by atoms with van der Waals surface area (Å²) in [5.74, 6) is -0.345. The van der Waals surface area contributed by atoms with Gasteiger partial charge in [-0.3, -0.25) is 0 Å². The number of aryl methyl sites for hydroxylation is 1. The van der Waals surface area contributed by atoms with Gasteiger partial charge in [-0.2, -0.15) is 0 Å². The minimum atomic E-state index is -0.345. The molecule has 0 aromatic carbocycles. The lowest BCUT2D eigenvalue weighted by atomic mass is 10.3. The Morgan fingerprint density at radius 2 is 2.50 bits per heavy atom. The number of carbonyl (C=O) groups is 1. The molecule has 1 aromatic rings. The van der Waals surface area contributed by atoms with Gasteiger partial charge in [0.2, 0.25) is 0 Å². The van der Waals surface area contributed by atoms with Crippen molar-refractivity contribution >= 4 is 17.3 Å². The zero-order valence-corrected chi connectivity index (χ0v) is 8.97. The molecule has 0 bridgehead atoms. The van der Waals surface area contributed by atoms with Gasteiger partial charge < -0.3 is 10.5 Å². The van der Waals surface area contributed by atoms with E-state index in [-0.39, 0.29) is 5.97 Å². The van der Waals surface area contributed by atoms with E-state index in [1.54, 1.807) is 12.3 Å². The molecule has 0 radical (unpaired) electrons. The van der Waals surface area contributed by atoms with Crippen LogP contribution in [0.15, 0.2) is 5.38 Å². The number of nitrogens with zero attached hydrogens (tertiary/aromatic N) is 1. The van der Waals surface area contributed by atoms with Crippen LogP contribution in [0.3, 0.4) is 0 Å². The molecule has 0 aliphatic heterocycles. The molecule has 78 valence electrons. The predicted octanol–water partition coefficient (Wildman–Crippen LogP) is 1.21. The fourth-order valence-corrected chi connectivity index (χ4v) is 1.79. The molecular formula is C9H14N2O2S. The summed E-state index contributed by atoms with van der Waals surface area (Å²) < 4.78 is 4.83. The van der Waals surface area contributed by atoms with Crippen molar-refractivity contribution in [3.63, 3.8) is 0 Å². The Balaban J connectivity index is 2.54. The van der Waals surface area contributed by atoms with Crippen LogP contribution in [-0.2, 0) is 11.2 Å². The van der Waals surface area contributed by atoms with E-state index in [1.165, 1.54) is 11.3 Å². The first-order valence-corrected chi connectivity index (χ1v) is 5.47. The Hall–Kier alpha value is -0.940. The molecule has 5 heteroatoms. The van der Waals surface area contributed by atoms with Gasteiger partial charge in [0.15, 0.2) is 5.69 Å². The van der Waals surface area contributed by atoms with Crippen molar-refractivity contribution in [3.8, 4) is 0 Å². The van der Waals surface area contributed by atoms with Crippen LogP contribution in [-0.4, -0.2) is 24.1 Å². The van der Waals surface area contributed by atoms with Gasteiger partial charge in [0.05, 0.1) is 11.6 Å². The summed E-state index contributed by atoms with van der Waals surface area (Å²) in [4.78, 5) is 15.4. The molecule has 0 unspecified atom stereocenters. The van der Waals surface area contributed by atoms with Gasteiger partial charge >= 0.3 is 5.97 Å².